The average molecular weight is 428 g/mol. The Labute approximate surface area is 165 Å². The Hall–Kier alpha value is -3.11. The number of alkyl halides is 6. The van der Waals surface area contributed by atoms with Gasteiger partial charge in [-0.1, -0.05) is 6.92 Å². The highest BCUT2D eigenvalue weighted by molar-refractivity contribution is 6.00. The van der Waals surface area contributed by atoms with E-state index in [2.05, 4.69) is 15.4 Å². The second kappa shape index (κ2) is 6.44. The van der Waals surface area contributed by atoms with Crippen molar-refractivity contribution >= 4 is 17.2 Å². The highest BCUT2D eigenvalue weighted by atomic mass is 19.4. The van der Waals surface area contributed by atoms with Crippen LogP contribution in [0.15, 0.2) is 18.2 Å². The summed E-state index contributed by atoms with van der Waals surface area (Å²) in [5.74, 6) is -1.83. The molecule has 3 heterocycles. The lowest BCUT2D eigenvalue weighted by molar-refractivity contribution is -0.144. The van der Waals surface area contributed by atoms with E-state index >= 15 is 0 Å². The third-order valence-corrected chi connectivity index (χ3v) is 4.92. The van der Waals surface area contributed by atoms with E-state index in [9.17, 15) is 31.1 Å². The van der Waals surface area contributed by atoms with Gasteiger partial charge in [0.2, 0.25) is 5.91 Å². The molecule has 1 amide bonds. The molecule has 1 N–H and O–H groups in total. The molecule has 0 radical (unpaired) electrons. The summed E-state index contributed by atoms with van der Waals surface area (Å²) >= 11 is 0. The summed E-state index contributed by atoms with van der Waals surface area (Å²) in [6, 6.07) is 3.57. The molecule has 0 aliphatic carbocycles. The standard InChI is InChI=1S/C19H14F6N4O/c1-3-9-5-11(6-10-7-13(30)26-14(9)10)15-12(18(20,21)22)4-8(2)16-27-17(19(23,24)25)28-29(15)16/h4-6H,3,7H2,1-2H3,(H,26,30). The van der Waals surface area contributed by atoms with Crippen LogP contribution in [0.1, 0.15) is 35.0 Å². The minimum absolute atomic E-state index is 0.0121. The van der Waals surface area contributed by atoms with Gasteiger partial charge in [-0.05, 0) is 48.2 Å². The molecule has 0 atom stereocenters. The molecule has 11 heteroatoms. The van der Waals surface area contributed by atoms with Crippen LogP contribution in [-0.4, -0.2) is 20.5 Å². The Morgan fingerprint density at radius 2 is 1.80 bits per heavy atom. The molecule has 0 saturated heterocycles. The van der Waals surface area contributed by atoms with Crippen LogP contribution in [0.4, 0.5) is 32.0 Å². The zero-order chi connectivity index (χ0) is 22.0. The van der Waals surface area contributed by atoms with Crippen LogP contribution >= 0.6 is 0 Å². The summed E-state index contributed by atoms with van der Waals surface area (Å²) in [6.45, 7) is 3.00. The minimum atomic E-state index is -4.92. The first-order valence-electron chi connectivity index (χ1n) is 8.91. The van der Waals surface area contributed by atoms with Gasteiger partial charge >= 0.3 is 12.4 Å². The quantitative estimate of drug-likeness (QED) is 0.597. The van der Waals surface area contributed by atoms with Gasteiger partial charge in [-0.15, -0.1) is 5.10 Å². The fraction of sp³-hybridized carbons (Fsp3) is 0.316. The second-order valence-corrected chi connectivity index (χ2v) is 7.00. The summed E-state index contributed by atoms with van der Waals surface area (Å²) in [4.78, 5) is 15.2. The molecular formula is C19H14F6N4O. The van der Waals surface area contributed by atoms with E-state index in [1.807, 2.05) is 0 Å². The molecule has 1 aliphatic rings. The number of nitrogens with zero attached hydrogens (tertiary/aromatic N) is 3. The molecule has 2 aromatic heterocycles. The number of hydrogen-bond acceptors (Lipinski definition) is 3. The van der Waals surface area contributed by atoms with Crippen molar-refractivity contribution in [2.24, 2.45) is 0 Å². The Morgan fingerprint density at radius 1 is 1.10 bits per heavy atom. The number of pyridine rings is 1. The molecule has 4 rings (SSSR count). The Morgan fingerprint density at radius 3 is 2.40 bits per heavy atom. The van der Waals surface area contributed by atoms with Crippen molar-refractivity contribution in [3.63, 3.8) is 0 Å². The largest absolute Gasteiger partial charge is 0.453 e. The van der Waals surface area contributed by atoms with E-state index in [-0.39, 0.29) is 29.1 Å². The number of nitrogens with one attached hydrogen (secondary N) is 1. The topological polar surface area (TPSA) is 59.3 Å². The maximum Gasteiger partial charge on any atom is 0.453 e. The second-order valence-electron chi connectivity index (χ2n) is 7.00. The van der Waals surface area contributed by atoms with Crippen LogP contribution in [-0.2, 0) is 30.0 Å². The molecule has 158 valence electrons. The number of hydrogen-bond donors (Lipinski definition) is 1. The van der Waals surface area contributed by atoms with E-state index in [0.717, 1.165) is 6.07 Å². The van der Waals surface area contributed by atoms with E-state index in [0.29, 0.717) is 27.8 Å². The van der Waals surface area contributed by atoms with E-state index < -0.39 is 29.4 Å². The van der Waals surface area contributed by atoms with Gasteiger partial charge < -0.3 is 5.32 Å². The van der Waals surface area contributed by atoms with E-state index in [1.54, 1.807) is 6.92 Å². The van der Waals surface area contributed by atoms with Gasteiger partial charge in [0.05, 0.1) is 17.7 Å². The zero-order valence-corrected chi connectivity index (χ0v) is 15.7. The van der Waals surface area contributed by atoms with Gasteiger partial charge in [0.1, 0.15) is 0 Å². The van der Waals surface area contributed by atoms with Gasteiger partial charge in [0.15, 0.2) is 5.65 Å². The number of carbonyl (C=O) groups excluding carboxylic acids is 1. The zero-order valence-electron chi connectivity index (χ0n) is 15.7. The summed E-state index contributed by atoms with van der Waals surface area (Å²) < 4.78 is 81.6. The van der Waals surface area contributed by atoms with Gasteiger partial charge in [0.25, 0.3) is 5.82 Å². The van der Waals surface area contributed by atoms with Crippen molar-refractivity contribution in [2.75, 3.05) is 5.32 Å². The van der Waals surface area contributed by atoms with Gasteiger partial charge in [-0.3, -0.25) is 4.79 Å². The number of rotatable bonds is 2. The summed E-state index contributed by atoms with van der Waals surface area (Å²) in [5, 5.41) is 6.02. The Bertz CT molecular complexity index is 1190. The highest BCUT2D eigenvalue weighted by Gasteiger charge is 2.40. The monoisotopic (exact) mass is 428 g/mol. The summed E-state index contributed by atoms with van der Waals surface area (Å²) in [5.41, 5.74) is -0.510. The van der Waals surface area contributed by atoms with Crippen LogP contribution < -0.4 is 5.32 Å². The van der Waals surface area contributed by atoms with Crippen molar-refractivity contribution in [2.45, 2.75) is 39.0 Å². The van der Waals surface area contributed by atoms with Crippen LogP contribution in [0.3, 0.4) is 0 Å². The van der Waals surface area contributed by atoms with Gasteiger partial charge in [0, 0.05) is 11.3 Å². The molecule has 0 saturated carbocycles. The number of fused-ring (bicyclic) bond motifs is 2. The smallest absolute Gasteiger partial charge is 0.325 e. The molecule has 0 bridgehead atoms. The van der Waals surface area contributed by atoms with Crippen molar-refractivity contribution < 1.29 is 31.1 Å². The molecule has 5 nitrogen and oxygen atoms in total. The maximum atomic E-state index is 13.9. The average Bonchev–Trinajstić information content (AvgIpc) is 3.23. The minimum Gasteiger partial charge on any atom is -0.325 e. The number of aromatic nitrogens is 3. The van der Waals surface area contributed by atoms with Gasteiger partial charge in [-0.25, -0.2) is 9.50 Å². The molecular weight excluding hydrogens is 414 g/mol. The molecule has 3 aromatic rings. The fourth-order valence-corrected chi connectivity index (χ4v) is 3.64. The maximum absolute atomic E-state index is 13.9. The Kier molecular flexibility index (Phi) is 4.33. The van der Waals surface area contributed by atoms with Crippen LogP contribution in [0, 0.1) is 6.92 Å². The number of benzene rings is 1. The number of carbonyl (C=O) groups is 1. The third kappa shape index (κ3) is 3.17. The predicted octanol–water partition coefficient (Wildman–Crippen LogP) is 4.80. The molecule has 30 heavy (non-hydrogen) atoms. The van der Waals surface area contributed by atoms with E-state index in [1.165, 1.54) is 19.1 Å². The van der Waals surface area contributed by atoms with Crippen LogP contribution in [0.2, 0.25) is 0 Å². The fourth-order valence-electron chi connectivity index (χ4n) is 3.64. The third-order valence-electron chi connectivity index (χ3n) is 4.92. The van der Waals surface area contributed by atoms with Crippen molar-refractivity contribution in [1.29, 1.82) is 0 Å². The summed E-state index contributed by atoms with van der Waals surface area (Å²) in [6.07, 6.45) is -9.40. The lowest BCUT2D eigenvalue weighted by Crippen LogP contribution is -2.13. The SMILES string of the molecule is CCc1cc(-c2c(C(F)(F)F)cc(C)c3nc(C(F)(F)F)nn23)cc2c1NC(=O)C2. The van der Waals surface area contributed by atoms with Crippen molar-refractivity contribution in [1.82, 2.24) is 14.6 Å². The number of amides is 1. The number of halogens is 6. The molecule has 1 aliphatic heterocycles. The molecule has 0 spiro atoms. The highest BCUT2D eigenvalue weighted by Crippen LogP contribution is 2.41. The lowest BCUT2D eigenvalue weighted by Gasteiger charge is -2.17. The number of anilines is 1. The van der Waals surface area contributed by atoms with Crippen molar-refractivity contribution in [3.05, 3.63) is 46.3 Å². The first kappa shape index (κ1) is 20.2. The molecule has 1 aromatic carbocycles. The Balaban J connectivity index is 2.09. The predicted molar refractivity (Wildman–Crippen MR) is 94.9 cm³/mol. The van der Waals surface area contributed by atoms with Crippen LogP contribution in [0.5, 0.6) is 0 Å². The summed E-state index contributed by atoms with van der Waals surface area (Å²) in [7, 11) is 0. The normalized spacial score (nSPS) is 14.3. The van der Waals surface area contributed by atoms with E-state index in [4.69, 9.17) is 0 Å². The first-order chi connectivity index (χ1) is 13.9. The first-order valence-corrected chi connectivity index (χ1v) is 8.91. The van der Waals surface area contributed by atoms with Crippen LogP contribution in [0.25, 0.3) is 16.9 Å². The van der Waals surface area contributed by atoms with Crippen molar-refractivity contribution in [3.8, 4) is 11.3 Å². The molecule has 0 fully saturated rings. The lowest BCUT2D eigenvalue weighted by atomic mass is 9.96. The van der Waals surface area contributed by atoms with Gasteiger partial charge in [-0.2, -0.15) is 26.3 Å². The number of aryl methyl sites for hydroxylation is 2. The molecule has 0 unspecified atom stereocenters.